The molecule has 8 heteroatoms. The maximum atomic E-state index is 14.1. The van der Waals surface area contributed by atoms with Crippen molar-refractivity contribution >= 4 is 40.7 Å². The highest BCUT2D eigenvalue weighted by Gasteiger charge is 2.34. The van der Waals surface area contributed by atoms with Crippen LogP contribution in [-0.2, 0) is 4.57 Å². The van der Waals surface area contributed by atoms with E-state index in [1.165, 1.54) is 0 Å². The van der Waals surface area contributed by atoms with Crippen LogP contribution in [0.2, 0.25) is 0 Å². The molecule has 0 fully saturated rings. The molecule has 0 saturated carbocycles. The van der Waals surface area contributed by atoms with Gasteiger partial charge in [-0.05, 0) is 58.9 Å². The molecular weight excluding hydrogens is 515 g/mol. The van der Waals surface area contributed by atoms with Crippen molar-refractivity contribution in [3.63, 3.8) is 0 Å². The van der Waals surface area contributed by atoms with Gasteiger partial charge in [0.15, 0.2) is 0 Å². The fourth-order valence-corrected chi connectivity index (χ4v) is 7.16. The van der Waals surface area contributed by atoms with E-state index in [1.807, 2.05) is 53.9 Å². The van der Waals surface area contributed by atoms with Gasteiger partial charge in [0.1, 0.15) is 21.1 Å². The van der Waals surface area contributed by atoms with Gasteiger partial charge in [-0.25, -0.2) is 0 Å². The van der Waals surface area contributed by atoms with E-state index in [-0.39, 0.29) is 5.92 Å². The fourth-order valence-electron chi connectivity index (χ4n) is 3.50. The third kappa shape index (κ3) is 6.42. The monoisotopic (exact) mass is 542 g/mol. The highest BCUT2D eigenvalue weighted by molar-refractivity contribution is 7.79. The van der Waals surface area contributed by atoms with E-state index in [1.54, 1.807) is 44.9 Å². The number of rotatable bonds is 9. The van der Waals surface area contributed by atoms with Crippen LogP contribution in [0.5, 0.6) is 17.2 Å². The van der Waals surface area contributed by atoms with Crippen LogP contribution in [0.3, 0.4) is 0 Å². The van der Waals surface area contributed by atoms with Crippen LogP contribution >= 0.6 is 40.7 Å². The molecule has 0 spiro atoms. The molecule has 1 unspecified atom stereocenters. The van der Waals surface area contributed by atoms with Crippen molar-refractivity contribution in [1.29, 1.82) is 0 Å². The van der Waals surface area contributed by atoms with Gasteiger partial charge < -0.3 is 13.6 Å². The van der Waals surface area contributed by atoms with E-state index in [2.05, 4.69) is 27.7 Å². The lowest BCUT2D eigenvalue weighted by Gasteiger charge is -2.22. The maximum Gasteiger partial charge on any atom is 0.647 e. The fraction of sp³-hybridized carbons (Fsp3) is 0.222. The van der Waals surface area contributed by atoms with Crippen LogP contribution < -0.4 is 13.6 Å². The molecule has 0 N–H and O–H groups in total. The lowest BCUT2D eigenvalue weighted by atomic mass is 10.0. The third-order valence-electron chi connectivity index (χ3n) is 5.39. The molecule has 4 aromatic rings. The summed E-state index contributed by atoms with van der Waals surface area (Å²) in [6, 6.07) is 22.3. The second-order valence-corrected chi connectivity index (χ2v) is 12.9. The zero-order valence-electron chi connectivity index (χ0n) is 20.0. The minimum Gasteiger partial charge on any atom is -0.386 e. The van der Waals surface area contributed by atoms with E-state index in [0.29, 0.717) is 23.2 Å². The zero-order chi connectivity index (χ0) is 25.0. The van der Waals surface area contributed by atoms with Crippen LogP contribution in [-0.4, -0.2) is 0 Å². The standard InChI is InChI=1S/C27H27O4PS3/c1-18(2)21-8-7-9-23(16-21)30-32(28,31-26-11-6-5-10-24(26)19(3)4)29-22-14-12-20(13-15-22)25-17-34-35-27(25)33/h5-19H,1-4H3. The van der Waals surface area contributed by atoms with Gasteiger partial charge in [0.25, 0.3) is 0 Å². The number of para-hydroxylation sites is 1. The molecule has 4 nitrogen and oxygen atoms in total. The number of phosphoric ester groups is 1. The Balaban J connectivity index is 1.67. The van der Waals surface area contributed by atoms with Gasteiger partial charge >= 0.3 is 7.82 Å². The van der Waals surface area contributed by atoms with Crippen molar-refractivity contribution in [2.45, 2.75) is 39.5 Å². The van der Waals surface area contributed by atoms with Crippen LogP contribution in [0.1, 0.15) is 50.7 Å². The first kappa shape index (κ1) is 25.6. The van der Waals surface area contributed by atoms with E-state index in [9.17, 15) is 4.57 Å². The van der Waals surface area contributed by atoms with Crippen LogP contribution in [0.4, 0.5) is 0 Å². The smallest absolute Gasteiger partial charge is 0.386 e. The summed E-state index contributed by atoms with van der Waals surface area (Å²) < 4.78 is 32.8. The van der Waals surface area contributed by atoms with Gasteiger partial charge in [-0.1, -0.05) is 103 Å². The summed E-state index contributed by atoms with van der Waals surface area (Å²) in [5.41, 5.74) is 3.97. The van der Waals surface area contributed by atoms with E-state index >= 15 is 0 Å². The number of hydrogen-bond donors (Lipinski definition) is 0. The summed E-state index contributed by atoms with van der Waals surface area (Å²) >= 11 is 5.41. The Morgan fingerprint density at radius 3 is 2.17 bits per heavy atom. The van der Waals surface area contributed by atoms with E-state index in [4.69, 9.17) is 25.8 Å². The average molecular weight is 543 g/mol. The van der Waals surface area contributed by atoms with Crippen molar-refractivity contribution in [1.82, 2.24) is 0 Å². The molecule has 0 aliphatic heterocycles. The molecule has 0 bridgehead atoms. The molecule has 3 aromatic carbocycles. The number of benzene rings is 3. The summed E-state index contributed by atoms with van der Waals surface area (Å²) in [7, 11) is -0.934. The first-order valence-electron chi connectivity index (χ1n) is 11.3. The van der Waals surface area contributed by atoms with Gasteiger partial charge in [-0.15, -0.1) is 0 Å². The Labute approximate surface area is 219 Å². The van der Waals surface area contributed by atoms with Crippen LogP contribution in [0.15, 0.2) is 78.2 Å². The number of phosphoric acid groups is 1. The summed E-state index contributed by atoms with van der Waals surface area (Å²) in [4.78, 5) is 0. The second kappa shape index (κ2) is 11.1. The lowest BCUT2D eigenvalue weighted by molar-refractivity contribution is 0.297. The highest BCUT2D eigenvalue weighted by Crippen LogP contribution is 2.51. The molecule has 0 aliphatic rings. The number of hydrogen-bond acceptors (Lipinski definition) is 7. The minimum atomic E-state index is -4.10. The SMILES string of the molecule is CC(C)c1cccc(OP(=O)(Oc2ccc(-c3cssc3=S)cc2)Oc2ccccc2C(C)C)c1. The molecule has 0 saturated heterocycles. The zero-order valence-corrected chi connectivity index (χ0v) is 23.3. The Bertz CT molecular complexity index is 1390. The largest absolute Gasteiger partial charge is 0.647 e. The van der Waals surface area contributed by atoms with Crippen LogP contribution in [0.25, 0.3) is 11.1 Å². The van der Waals surface area contributed by atoms with Gasteiger partial charge in [-0.2, -0.15) is 4.57 Å². The molecule has 1 heterocycles. The van der Waals surface area contributed by atoms with Crippen molar-refractivity contribution in [3.05, 3.63) is 93.1 Å². The Morgan fingerprint density at radius 2 is 1.51 bits per heavy atom. The first-order chi connectivity index (χ1) is 16.7. The average Bonchev–Trinajstić information content (AvgIpc) is 3.25. The van der Waals surface area contributed by atoms with Crippen molar-refractivity contribution in [3.8, 4) is 28.4 Å². The molecule has 0 radical (unpaired) electrons. The quantitative estimate of drug-likeness (QED) is 0.120. The summed E-state index contributed by atoms with van der Waals surface area (Å²) in [5.74, 6) is 1.74. The summed E-state index contributed by atoms with van der Waals surface area (Å²) in [6.07, 6.45) is 0. The minimum absolute atomic E-state index is 0.169. The van der Waals surface area contributed by atoms with Crippen molar-refractivity contribution in [2.75, 3.05) is 0 Å². The summed E-state index contributed by atoms with van der Waals surface area (Å²) in [5, 5.41) is 2.03. The molecule has 0 amide bonds. The lowest BCUT2D eigenvalue weighted by Crippen LogP contribution is -2.09. The first-order valence-corrected chi connectivity index (χ1v) is 15.4. The van der Waals surface area contributed by atoms with Crippen LogP contribution in [0, 0.1) is 3.82 Å². The van der Waals surface area contributed by atoms with E-state index in [0.717, 1.165) is 26.1 Å². The molecule has 182 valence electrons. The predicted octanol–water partition coefficient (Wildman–Crippen LogP) is 10.1. The highest BCUT2D eigenvalue weighted by atomic mass is 32.9. The Hall–Kier alpha value is -2.44. The van der Waals surface area contributed by atoms with Gasteiger partial charge in [0.05, 0.1) is 0 Å². The topological polar surface area (TPSA) is 44.8 Å². The maximum absolute atomic E-state index is 14.1. The van der Waals surface area contributed by atoms with Crippen molar-refractivity contribution < 1.29 is 18.1 Å². The molecular formula is C27H27O4PS3. The van der Waals surface area contributed by atoms with Gasteiger partial charge in [0, 0.05) is 10.9 Å². The molecule has 1 atom stereocenters. The normalized spacial score (nSPS) is 13.0. The molecule has 0 aliphatic carbocycles. The molecule has 35 heavy (non-hydrogen) atoms. The third-order valence-corrected chi connectivity index (χ3v) is 9.34. The molecule has 1 aromatic heterocycles. The van der Waals surface area contributed by atoms with Gasteiger partial charge in [-0.3, -0.25) is 0 Å². The Kier molecular flexibility index (Phi) is 8.12. The van der Waals surface area contributed by atoms with E-state index < -0.39 is 7.82 Å². The second-order valence-electron chi connectivity index (χ2n) is 8.66. The van der Waals surface area contributed by atoms with Gasteiger partial charge in [0.2, 0.25) is 0 Å². The summed E-state index contributed by atoms with van der Waals surface area (Å²) in [6.45, 7) is 8.29. The van der Waals surface area contributed by atoms with Crippen molar-refractivity contribution in [2.24, 2.45) is 0 Å². The molecule has 4 rings (SSSR count). The Morgan fingerprint density at radius 1 is 0.800 bits per heavy atom. The predicted molar refractivity (Wildman–Crippen MR) is 149 cm³/mol.